The Kier molecular flexibility index (Phi) is 8.75. The van der Waals surface area contributed by atoms with Gasteiger partial charge in [0.15, 0.2) is 0 Å². The van der Waals surface area contributed by atoms with Gasteiger partial charge in [0.25, 0.3) is 0 Å². The second kappa shape index (κ2) is 10.8. The fourth-order valence-corrected chi connectivity index (χ4v) is 3.22. The molecule has 0 unspecified atom stereocenters. The zero-order chi connectivity index (χ0) is 18.4. The minimum Gasteiger partial charge on any atom is -0.489 e. The molecule has 0 heterocycles. The van der Waals surface area contributed by atoms with Crippen LogP contribution in [-0.2, 0) is 19.7 Å². The molecule has 0 radical (unpaired) electrons. The molecule has 0 aliphatic carbocycles. The SMILES string of the molecule is Cl.Clc1ccc(COc2ccc(Cl)cc2CNCc2ccccc2)c(Cl)c1. The Bertz CT molecular complexity index is 871. The van der Waals surface area contributed by atoms with Gasteiger partial charge in [0, 0.05) is 39.3 Å². The molecule has 1 N–H and O–H groups in total. The first-order chi connectivity index (χ1) is 12.6. The summed E-state index contributed by atoms with van der Waals surface area (Å²) in [6, 6.07) is 21.2. The monoisotopic (exact) mass is 441 g/mol. The van der Waals surface area contributed by atoms with E-state index in [2.05, 4.69) is 17.4 Å². The summed E-state index contributed by atoms with van der Waals surface area (Å²) in [6.45, 7) is 1.79. The Labute approximate surface area is 180 Å². The minimum atomic E-state index is 0. The lowest BCUT2D eigenvalue weighted by molar-refractivity contribution is 0.302. The van der Waals surface area contributed by atoms with Crippen LogP contribution < -0.4 is 10.1 Å². The number of rotatable bonds is 7. The Morgan fingerprint density at radius 3 is 2.19 bits per heavy atom. The summed E-state index contributed by atoms with van der Waals surface area (Å²) in [5.74, 6) is 0.779. The Morgan fingerprint density at radius 1 is 0.741 bits per heavy atom. The lowest BCUT2D eigenvalue weighted by atomic mass is 10.1. The molecule has 0 bridgehead atoms. The van der Waals surface area contributed by atoms with E-state index >= 15 is 0 Å². The summed E-state index contributed by atoms with van der Waals surface area (Å²) in [4.78, 5) is 0. The zero-order valence-electron chi connectivity index (χ0n) is 14.4. The molecule has 0 saturated heterocycles. The number of hydrogen-bond donors (Lipinski definition) is 1. The first kappa shape index (κ1) is 21.9. The van der Waals surface area contributed by atoms with E-state index in [1.807, 2.05) is 42.5 Å². The van der Waals surface area contributed by atoms with Crippen molar-refractivity contribution in [2.75, 3.05) is 0 Å². The largest absolute Gasteiger partial charge is 0.489 e. The van der Waals surface area contributed by atoms with Crippen molar-refractivity contribution in [2.24, 2.45) is 0 Å². The van der Waals surface area contributed by atoms with Crippen LogP contribution in [0.15, 0.2) is 66.7 Å². The van der Waals surface area contributed by atoms with Crippen LogP contribution in [0.5, 0.6) is 5.75 Å². The molecule has 142 valence electrons. The van der Waals surface area contributed by atoms with Crippen molar-refractivity contribution in [3.05, 3.63) is 98.5 Å². The molecule has 27 heavy (non-hydrogen) atoms. The van der Waals surface area contributed by atoms with E-state index in [4.69, 9.17) is 39.5 Å². The lowest BCUT2D eigenvalue weighted by Crippen LogP contribution is -2.13. The van der Waals surface area contributed by atoms with Crippen molar-refractivity contribution in [3.63, 3.8) is 0 Å². The summed E-state index contributed by atoms with van der Waals surface area (Å²) in [6.07, 6.45) is 0. The first-order valence-electron chi connectivity index (χ1n) is 8.21. The van der Waals surface area contributed by atoms with E-state index in [9.17, 15) is 0 Å². The lowest BCUT2D eigenvalue weighted by Gasteiger charge is -2.14. The maximum Gasteiger partial charge on any atom is 0.124 e. The molecule has 2 nitrogen and oxygen atoms in total. The summed E-state index contributed by atoms with van der Waals surface area (Å²) in [5, 5.41) is 5.30. The molecule has 0 spiro atoms. The van der Waals surface area contributed by atoms with Gasteiger partial charge in [-0.15, -0.1) is 12.4 Å². The second-order valence-electron chi connectivity index (χ2n) is 5.87. The maximum atomic E-state index is 6.21. The molecular formula is C21H19Cl4NO. The highest BCUT2D eigenvalue weighted by Gasteiger charge is 2.08. The van der Waals surface area contributed by atoms with E-state index in [0.29, 0.717) is 28.2 Å². The molecule has 6 heteroatoms. The summed E-state index contributed by atoms with van der Waals surface area (Å²) >= 11 is 18.3. The molecule has 3 rings (SSSR count). The van der Waals surface area contributed by atoms with Crippen molar-refractivity contribution in [3.8, 4) is 5.75 Å². The molecule has 0 aliphatic rings. The van der Waals surface area contributed by atoms with Gasteiger partial charge in [0.2, 0.25) is 0 Å². The van der Waals surface area contributed by atoms with Crippen molar-refractivity contribution >= 4 is 47.2 Å². The topological polar surface area (TPSA) is 21.3 Å². The van der Waals surface area contributed by atoms with Crippen LogP contribution in [0.1, 0.15) is 16.7 Å². The fourth-order valence-electron chi connectivity index (χ4n) is 2.56. The zero-order valence-corrected chi connectivity index (χ0v) is 17.5. The molecule has 0 atom stereocenters. The fraction of sp³-hybridized carbons (Fsp3) is 0.143. The third-order valence-corrected chi connectivity index (χ3v) is 4.73. The predicted octanol–water partition coefficient (Wildman–Crippen LogP) is 6.94. The molecule has 0 saturated carbocycles. The van der Waals surface area contributed by atoms with E-state index in [1.165, 1.54) is 5.56 Å². The van der Waals surface area contributed by atoms with Crippen LogP contribution in [0.25, 0.3) is 0 Å². The number of benzene rings is 3. The van der Waals surface area contributed by atoms with Gasteiger partial charge in [-0.25, -0.2) is 0 Å². The average molecular weight is 443 g/mol. The van der Waals surface area contributed by atoms with E-state index < -0.39 is 0 Å². The number of halogens is 4. The molecular weight excluding hydrogens is 424 g/mol. The molecule has 3 aromatic rings. The highest BCUT2D eigenvalue weighted by molar-refractivity contribution is 6.35. The number of hydrogen-bond acceptors (Lipinski definition) is 2. The molecule has 0 aromatic heterocycles. The van der Waals surface area contributed by atoms with E-state index in [-0.39, 0.29) is 12.4 Å². The van der Waals surface area contributed by atoms with E-state index in [0.717, 1.165) is 23.4 Å². The van der Waals surface area contributed by atoms with Gasteiger partial charge in [-0.2, -0.15) is 0 Å². The third-order valence-electron chi connectivity index (χ3n) is 3.91. The standard InChI is InChI=1S/C21H18Cl3NO.ClH/c22-18-8-9-21(26-14-16-6-7-19(23)11-20(16)24)17(10-18)13-25-12-15-4-2-1-3-5-15;/h1-11,25H,12-14H2;1H. The van der Waals surface area contributed by atoms with Gasteiger partial charge in [-0.3, -0.25) is 0 Å². The quantitative estimate of drug-likeness (QED) is 0.427. The molecule has 0 amide bonds. The van der Waals surface area contributed by atoms with Gasteiger partial charge >= 0.3 is 0 Å². The van der Waals surface area contributed by atoms with Gasteiger partial charge in [0.05, 0.1) is 0 Å². The van der Waals surface area contributed by atoms with Gasteiger partial charge in [0.1, 0.15) is 12.4 Å². The third kappa shape index (κ3) is 6.60. The summed E-state index contributed by atoms with van der Waals surface area (Å²) in [7, 11) is 0. The Morgan fingerprint density at radius 2 is 1.44 bits per heavy atom. The Hall–Kier alpha value is -1.42. The predicted molar refractivity (Wildman–Crippen MR) is 116 cm³/mol. The normalized spacial score (nSPS) is 10.3. The molecule has 0 fully saturated rings. The van der Waals surface area contributed by atoms with Gasteiger partial charge < -0.3 is 10.1 Å². The van der Waals surface area contributed by atoms with Crippen molar-refractivity contribution in [2.45, 2.75) is 19.7 Å². The Balaban J connectivity index is 0.00000261. The highest BCUT2D eigenvalue weighted by atomic mass is 35.5. The van der Waals surface area contributed by atoms with Crippen LogP contribution in [0.4, 0.5) is 0 Å². The van der Waals surface area contributed by atoms with Crippen LogP contribution in [0.2, 0.25) is 15.1 Å². The summed E-state index contributed by atoms with van der Waals surface area (Å²) < 4.78 is 5.98. The minimum absolute atomic E-state index is 0. The van der Waals surface area contributed by atoms with Crippen molar-refractivity contribution in [1.29, 1.82) is 0 Å². The number of nitrogens with one attached hydrogen (secondary N) is 1. The van der Waals surface area contributed by atoms with Crippen LogP contribution in [0, 0.1) is 0 Å². The number of ether oxygens (including phenoxy) is 1. The highest BCUT2D eigenvalue weighted by Crippen LogP contribution is 2.26. The van der Waals surface area contributed by atoms with Gasteiger partial charge in [-0.1, -0.05) is 71.2 Å². The van der Waals surface area contributed by atoms with Crippen LogP contribution in [0.3, 0.4) is 0 Å². The van der Waals surface area contributed by atoms with Gasteiger partial charge in [-0.05, 0) is 35.9 Å². The average Bonchev–Trinajstić information content (AvgIpc) is 2.63. The molecule has 0 aliphatic heterocycles. The maximum absolute atomic E-state index is 6.21. The van der Waals surface area contributed by atoms with Crippen LogP contribution in [-0.4, -0.2) is 0 Å². The van der Waals surface area contributed by atoms with E-state index in [1.54, 1.807) is 12.1 Å². The van der Waals surface area contributed by atoms with Crippen molar-refractivity contribution < 1.29 is 4.74 Å². The molecule has 3 aromatic carbocycles. The van der Waals surface area contributed by atoms with Crippen LogP contribution >= 0.6 is 47.2 Å². The van der Waals surface area contributed by atoms with Crippen molar-refractivity contribution in [1.82, 2.24) is 5.32 Å². The summed E-state index contributed by atoms with van der Waals surface area (Å²) in [5.41, 5.74) is 3.11. The first-order valence-corrected chi connectivity index (χ1v) is 9.35. The second-order valence-corrected chi connectivity index (χ2v) is 7.15. The smallest absolute Gasteiger partial charge is 0.124 e.